The van der Waals surface area contributed by atoms with Gasteiger partial charge in [-0.2, -0.15) is 11.8 Å². The summed E-state index contributed by atoms with van der Waals surface area (Å²) in [7, 11) is 1.51. The fraction of sp³-hybridized carbons (Fsp3) is 0.941. The smallest absolute Gasteiger partial charge is 0.326 e. The van der Waals surface area contributed by atoms with Gasteiger partial charge in [-0.15, -0.1) is 0 Å². The second-order valence-corrected chi connectivity index (χ2v) is 7.68. The molecule has 1 saturated carbocycles. The quantitative estimate of drug-likeness (QED) is 0.488. The summed E-state index contributed by atoms with van der Waals surface area (Å²) in [5, 5.41) is 3.53. The van der Waals surface area contributed by atoms with E-state index in [1.807, 2.05) is 11.8 Å². The maximum absolute atomic E-state index is 12.4. The van der Waals surface area contributed by atoms with Crippen molar-refractivity contribution in [3.63, 3.8) is 0 Å². The van der Waals surface area contributed by atoms with Crippen molar-refractivity contribution in [1.82, 2.24) is 5.32 Å². The molecule has 0 bridgehead atoms. The number of methoxy groups -OCH3 is 1. The number of thioether (sulfide) groups is 1. The number of esters is 1. The lowest BCUT2D eigenvalue weighted by Crippen LogP contribution is -2.57. The van der Waals surface area contributed by atoms with Gasteiger partial charge in [0.2, 0.25) is 0 Å². The Hall–Kier alpha value is -0.220. The molecule has 0 aliphatic heterocycles. The molecule has 1 N–H and O–H groups in total. The zero-order valence-corrected chi connectivity index (χ0v) is 15.1. The van der Waals surface area contributed by atoms with E-state index in [-0.39, 0.29) is 5.97 Å². The summed E-state index contributed by atoms with van der Waals surface area (Å²) in [5.41, 5.74) is -0.438. The van der Waals surface area contributed by atoms with Gasteiger partial charge >= 0.3 is 5.97 Å². The van der Waals surface area contributed by atoms with Crippen LogP contribution in [0.2, 0.25) is 0 Å². The molecule has 4 heteroatoms. The fourth-order valence-corrected chi connectivity index (χ4v) is 4.53. The van der Waals surface area contributed by atoms with Crippen LogP contribution in [0.3, 0.4) is 0 Å². The van der Waals surface area contributed by atoms with Gasteiger partial charge in [0.1, 0.15) is 5.54 Å². The number of hydrogen-bond donors (Lipinski definition) is 1. The van der Waals surface area contributed by atoms with E-state index in [2.05, 4.69) is 26.1 Å². The van der Waals surface area contributed by atoms with Crippen molar-refractivity contribution in [2.24, 2.45) is 5.92 Å². The zero-order valence-electron chi connectivity index (χ0n) is 14.2. The van der Waals surface area contributed by atoms with Crippen molar-refractivity contribution in [1.29, 1.82) is 0 Å². The highest BCUT2D eigenvalue weighted by atomic mass is 32.2. The Morgan fingerprint density at radius 1 is 1.38 bits per heavy atom. The van der Waals surface area contributed by atoms with Crippen LogP contribution in [0.5, 0.6) is 0 Å². The minimum Gasteiger partial charge on any atom is -0.468 e. The van der Waals surface area contributed by atoms with Gasteiger partial charge in [0.05, 0.1) is 7.11 Å². The van der Waals surface area contributed by atoms with Gasteiger partial charge in [0.15, 0.2) is 0 Å². The average Bonchev–Trinajstić information content (AvgIpc) is 2.85. The van der Waals surface area contributed by atoms with Crippen LogP contribution in [0.4, 0.5) is 0 Å². The average molecular weight is 316 g/mol. The SMILES string of the molecule is CCCCCSCCC1CCCC1(NC(C)C)C(=O)OC. The Kier molecular flexibility index (Phi) is 8.72. The lowest BCUT2D eigenvalue weighted by molar-refractivity contribution is -0.150. The fourth-order valence-electron chi connectivity index (χ4n) is 3.47. The molecule has 2 atom stereocenters. The summed E-state index contributed by atoms with van der Waals surface area (Å²) >= 11 is 2.04. The molecule has 1 rings (SSSR count). The molecular formula is C17H33NO2S. The first kappa shape index (κ1) is 18.8. The molecule has 0 aromatic carbocycles. The highest BCUT2D eigenvalue weighted by Crippen LogP contribution is 2.40. The summed E-state index contributed by atoms with van der Waals surface area (Å²) in [5.74, 6) is 2.77. The number of unbranched alkanes of at least 4 members (excludes halogenated alkanes) is 2. The molecule has 2 unspecified atom stereocenters. The Morgan fingerprint density at radius 3 is 2.76 bits per heavy atom. The van der Waals surface area contributed by atoms with Gasteiger partial charge in [0.25, 0.3) is 0 Å². The van der Waals surface area contributed by atoms with Crippen molar-refractivity contribution in [2.45, 2.75) is 77.3 Å². The van der Waals surface area contributed by atoms with Crippen molar-refractivity contribution in [3.8, 4) is 0 Å². The molecule has 0 aromatic heterocycles. The summed E-state index contributed by atoms with van der Waals surface area (Å²) in [4.78, 5) is 12.4. The van der Waals surface area contributed by atoms with E-state index in [0.717, 1.165) is 31.4 Å². The van der Waals surface area contributed by atoms with Gasteiger partial charge < -0.3 is 4.74 Å². The van der Waals surface area contributed by atoms with E-state index in [1.54, 1.807) is 0 Å². The van der Waals surface area contributed by atoms with Crippen molar-refractivity contribution in [3.05, 3.63) is 0 Å². The molecule has 0 saturated heterocycles. The third-order valence-electron chi connectivity index (χ3n) is 4.42. The van der Waals surface area contributed by atoms with E-state index in [1.165, 1.54) is 32.1 Å². The Balaban J connectivity index is 2.51. The standard InChI is InChI=1S/C17H33NO2S/c1-5-6-7-12-21-13-10-15-9-8-11-17(15,16(19)20-4)18-14(2)3/h14-15,18H,5-13H2,1-4H3. The largest absolute Gasteiger partial charge is 0.468 e. The molecule has 1 fully saturated rings. The highest BCUT2D eigenvalue weighted by Gasteiger charge is 2.49. The van der Waals surface area contributed by atoms with Crippen molar-refractivity contribution < 1.29 is 9.53 Å². The first-order valence-corrected chi connectivity index (χ1v) is 9.66. The highest BCUT2D eigenvalue weighted by molar-refractivity contribution is 7.99. The van der Waals surface area contributed by atoms with Crippen LogP contribution < -0.4 is 5.32 Å². The molecular weight excluding hydrogens is 282 g/mol. The predicted octanol–water partition coefficient (Wildman–Crippen LogP) is 4.01. The van der Waals surface area contributed by atoms with Gasteiger partial charge in [-0.05, 0) is 57.0 Å². The number of nitrogens with one attached hydrogen (secondary N) is 1. The summed E-state index contributed by atoms with van der Waals surface area (Å²) in [6, 6.07) is 0.307. The maximum Gasteiger partial charge on any atom is 0.326 e. The van der Waals surface area contributed by atoms with Crippen LogP contribution >= 0.6 is 11.8 Å². The molecule has 3 nitrogen and oxygen atoms in total. The van der Waals surface area contributed by atoms with Crippen LogP contribution in [0.15, 0.2) is 0 Å². The van der Waals surface area contributed by atoms with Gasteiger partial charge in [-0.3, -0.25) is 10.1 Å². The first-order valence-electron chi connectivity index (χ1n) is 8.50. The molecule has 0 radical (unpaired) electrons. The summed E-state index contributed by atoms with van der Waals surface area (Å²) in [6.07, 6.45) is 8.24. The Morgan fingerprint density at radius 2 is 2.14 bits per heavy atom. The summed E-state index contributed by atoms with van der Waals surface area (Å²) in [6.45, 7) is 6.46. The topological polar surface area (TPSA) is 38.3 Å². The maximum atomic E-state index is 12.4. The number of ether oxygens (including phenoxy) is 1. The third-order valence-corrected chi connectivity index (χ3v) is 5.52. The van der Waals surface area contributed by atoms with E-state index in [4.69, 9.17) is 4.74 Å². The Bertz CT molecular complexity index is 309. The molecule has 0 amide bonds. The minimum atomic E-state index is -0.438. The number of hydrogen-bond acceptors (Lipinski definition) is 4. The lowest BCUT2D eigenvalue weighted by atomic mass is 9.84. The van der Waals surface area contributed by atoms with Crippen molar-refractivity contribution >= 4 is 17.7 Å². The van der Waals surface area contributed by atoms with E-state index >= 15 is 0 Å². The number of carbonyl (C=O) groups excluding carboxylic acids is 1. The molecule has 1 aliphatic carbocycles. The van der Waals surface area contributed by atoms with Gasteiger partial charge in [-0.1, -0.05) is 26.2 Å². The van der Waals surface area contributed by atoms with Gasteiger partial charge in [0, 0.05) is 6.04 Å². The Labute approximate surface area is 135 Å². The second-order valence-electron chi connectivity index (χ2n) is 6.46. The van der Waals surface area contributed by atoms with Crippen molar-refractivity contribution in [2.75, 3.05) is 18.6 Å². The predicted molar refractivity (Wildman–Crippen MR) is 91.8 cm³/mol. The zero-order chi connectivity index (χ0) is 15.7. The van der Waals surface area contributed by atoms with Gasteiger partial charge in [-0.25, -0.2) is 0 Å². The number of carbonyl (C=O) groups is 1. The van der Waals surface area contributed by atoms with Crippen LogP contribution in [-0.2, 0) is 9.53 Å². The normalized spacial score (nSPS) is 25.5. The minimum absolute atomic E-state index is 0.0605. The molecule has 0 spiro atoms. The molecule has 124 valence electrons. The van der Waals surface area contributed by atoms with Crippen LogP contribution in [-0.4, -0.2) is 36.2 Å². The molecule has 0 heterocycles. The van der Waals surface area contributed by atoms with Crippen LogP contribution in [0.25, 0.3) is 0 Å². The summed E-state index contributed by atoms with van der Waals surface area (Å²) < 4.78 is 5.12. The monoisotopic (exact) mass is 315 g/mol. The van der Waals surface area contributed by atoms with E-state index in [9.17, 15) is 4.79 Å². The molecule has 1 aliphatic rings. The first-order chi connectivity index (χ1) is 10.1. The van der Waals surface area contributed by atoms with E-state index in [0.29, 0.717) is 12.0 Å². The number of rotatable bonds is 10. The second kappa shape index (κ2) is 9.73. The van der Waals surface area contributed by atoms with Crippen LogP contribution in [0.1, 0.15) is 65.7 Å². The van der Waals surface area contributed by atoms with E-state index < -0.39 is 5.54 Å². The lowest BCUT2D eigenvalue weighted by Gasteiger charge is -2.35. The molecule has 21 heavy (non-hydrogen) atoms. The molecule has 0 aromatic rings. The van der Waals surface area contributed by atoms with Crippen LogP contribution in [0, 0.1) is 5.92 Å². The third kappa shape index (κ3) is 5.48.